The SMILES string of the molecule is CCCC(C)CC(=O)c1ccc(Cl)cc1Cl. The number of halogens is 2. The molecular formula is C13H16Cl2O. The van der Waals surface area contributed by atoms with Gasteiger partial charge in [0, 0.05) is 17.0 Å². The zero-order valence-electron chi connectivity index (χ0n) is 9.59. The number of benzene rings is 1. The van der Waals surface area contributed by atoms with E-state index in [0.29, 0.717) is 27.9 Å². The first-order valence-electron chi connectivity index (χ1n) is 5.52. The fraction of sp³-hybridized carbons (Fsp3) is 0.462. The molecule has 1 aromatic rings. The molecule has 0 N–H and O–H groups in total. The fourth-order valence-corrected chi connectivity index (χ4v) is 2.25. The van der Waals surface area contributed by atoms with Gasteiger partial charge in [-0.2, -0.15) is 0 Å². The van der Waals surface area contributed by atoms with Crippen LogP contribution in [0.1, 0.15) is 43.5 Å². The Kier molecular flexibility index (Phi) is 5.30. The average molecular weight is 259 g/mol. The molecule has 16 heavy (non-hydrogen) atoms. The minimum absolute atomic E-state index is 0.0996. The molecule has 0 radical (unpaired) electrons. The summed E-state index contributed by atoms with van der Waals surface area (Å²) in [6, 6.07) is 5.01. The zero-order valence-corrected chi connectivity index (χ0v) is 11.1. The lowest BCUT2D eigenvalue weighted by Gasteiger charge is -2.09. The molecular weight excluding hydrogens is 243 g/mol. The molecule has 0 aliphatic carbocycles. The fourth-order valence-electron chi connectivity index (χ4n) is 1.74. The van der Waals surface area contributed by atoms with Gasteiger partial charge < -0.3 is 0 Å². The molecule has 1 aromatic carbocycles. The highest BCUT2D eigenvalue weighted by Crippen LogP contribution is 2.24. The van der Waals surface area contributed by atoms with Crippen LogP contribution in [0, 0.1) is 5.92 Å². The van der Waals surface area contributed by atoms with E-state index >= 15 is 0 Å². The largest absolute Gasteiger partial charge is 0.294 e. The molecule has 0 aromatic heterocycles. The Hall–Kier alpha value is -0.530. The number of hydrogen-bond acceptors (Lipinski definition) is 1. The molecule has 1 unspecified atom stereocenters. The van der Waals surface area contributed by atoms with Gasteiger partial charge in [0.15, 0.2) is 5.78 Å². The summed E-state index contributed by atoms with van der Waals surface area (Å²) < 4.78 is 0. The molecule has 1 nitrogen and oxygen atoms in total. The van der Waals surface area contributed by atoms with E-state index in [4.69, 9.17) is 23.2 Å². The van der Waals surface area contributed by atoms with Gasteiger partial charge in [-0.1, -0.05) is 49.9 Å². The third-order valence-electron chi connectivity index (χ3n) is 2.55. The maximum absolute atomic E-state index is 11.9. The van der Waals surface area contributed by atoms with Crippen LogP contribution in [0.2, 0.25) is 10.0 Å². The highest BCUT2D eigenvalue weighted by atomic mass is 35.5. The third-order valence-corrected chi connectivity index (χ3v) is 3.09. The van der Waals surface area contributed by atoms with Gasteiger partial charge >= 0.3 is 0 Å². The first-order chi connectivity index (χ1) is 7.54. The van der Waals surface area contributed by atoms with Crippen molar-refractivity contribution < 1.29 is 4.79 Å². The molecule has 0 spiro atoms. The first kappa shape index (κ1) is 13.5. The van der Waals surface area contributed by atoms with E-state index in [2.05, 4.69) is 13.8 Å². The molecule has 0 saturated heterocycles. The van der Waals surface area contributed by atoms with E-state index in [0.717, 1.165) is 12.8 Å². The minimum Gasteiger partial charge on any atom is -0.294 e. The molecule has 88 valence electrons. The number of carbonyl (C=O) groups is 1. The van der Waals surface area contributed by atoms with Crippen molar-refractivity contribution in [2.24, 2.45) is 5.92 Å². The molecule has 0 saturated carbocycles. The predicted octanol–water partition coefficient (Wildman–Crippen LogP) is 5.00. The van der Waals surface area contributed by atoms with Gasteiger partial charge in [0.05, 0.1) is 5.02 Å². The van der Waals surface area contributed by atoms with E-state index in [1.165, 1.54) is 0 Å². The molecule has 0 heterocycles. The van der Waals surface area contributed by atoms with E-state index < -0.39 is 0 Å². The number of carbonyl (C=O) groups excluding carboxylic acids is 1. The molecule has 0 amide bonds. The van der Waals surface area contributed by atoms with Gasteiger partial charge in [-0.05, 0) is 24.1 Å². The maximum atomic E-state index is 11.9. The van der Waals surface area contributed by atoms with E-state index in [1.54, 1.807) is 18.2 Å². The van der Waals surface area contributed by atoms with Gasteiger partial charge in [0.25, 0.3) is 0 Å². The van der Waals surface area contributed by atoms with Crippen molar-refractivity contribution in [3.63, 3.8) is 0 Å². The molecule has 0 fully saturated rings. The van der Waals surface area contributed by atoms with Gasteiger partial charge in [-0.25, -0.2) is 0 Å². The quantitative estimate of drug-likeness (QED) is 0.680. The van der Waals surface area contributed by atoms with Crippen LogP contribution < -0.4 is 0 Å². The summed E-state index contributed by atoms with van der Waals surface area (Å²) in [6.45, 7) is 4.21. The van der Waals surface area contributed by atoms with Crippen LogP contribution in [0.15, 0.2) is 18.2 Å². The van der Waals surface area contributed by atoms with E-state index in [-0.39, 0.29) is 5.78 Å². The van der Waals surface area contributed by atoms with Crippen LogP contribution in [-0.4, -0.2) is 5.78 Å². The van der Waals surface area contributed by atoms with Crippen LogP contribution in [0.3, 0.4) is 0 Å². The van der Waals surface area contributed by atoms with Crippen molar-refractivity contribution in [3.05, 3.63) is 33.8 Å². The molecule has 1 rings (SSSR count). The number of hydrogen-bond donors (Lipinski definition) is 0. The van der Waals surface area contributed by atoms with Gasteiger partial charge in [0.1, 0.15) is 0 Å². The number of Topliss-reactive ketones (excluding diaryl/α,β-unsaturated/α-hetero) is 1. The summed E-state index contributed by atoms with van der Waals surface area (Å²) in [5, 5.41) is 1.00. The van der Waals surface area contributed by atoms with Gasteiger partial charge in [-0.3, -0.25) is 4.79 Å². The van der Waals surface area contributed by atoms with E-state index in [9.17, 15) is 4.79 Å². The Bertz CT molecular complexity index is 374. The van der Waals surface area contributed by atoms with Crippen molar-refractivity contribution in [1.82, 2.24) is 0 Å². The minimum atomic E-state index is 0.0996. The summed E-state index contributed by atoms with van der Waals surface area (Å²) in [5.74, 6) is 0.506. The third kappa shape index (κ3) is 3.80. The van der Waals surface area contributed by atoms with Crippen LogP contribution in [0.25, 0.3) is 0 Å². The second-order valence-corrected chi connectivity index (χ2v) is 4.99. The Morgan fingerprint density at radius 3 is 2.62 bits per heavy atom. The first-order valence-corrected chi connectivity index (χ1v) is 6.28. The van der Waals surface area contributed by atoms with Crippen molar-refractivity contribution >= 4 is 29.0 Å². The van der Waals surface area contributed by atoms with Crippen LogP contribution in [0.5, 0.6) is 0 Å². The molecule has 1 atom stereocenters. The summed E-state index contributed by atoms with van der Waals surface area (Å²) in [4.78, 5) is 11.9. The van der Waals surface area contributed by atoms with Crippen molar-refractivity contribution in [2.75, 3.05) is 0 Å². The molecule has 3 heteroatoms. The molecule has 0 bridgehead atoms. The highest BCUT2D eigenvalue weighted by Gasteiger charge is 2.13. The van der Waals surface area contributed by atoms with Gasteiger partial charge in [0.2, 0.25) is 0 Å². The number of rotatable bonds is 5. The lowest BCUT2D eigenvalue weighted by molar-refractivity contribution is 0.0963. The smallest absolute Gasteiger partial charge is 0.164 e. The second-order valence-electron chi connectivity index (χ2n) is 4.15. The molecule has 0 aliphatic rings. The lowest BCUT2D eigenvalue weighted by atomic mass is 9.96. The van der Waals surface area contributed by atoms with Crippen molar-refractivity contribution in [3.8, 4) is 0 Å². The standard InChI is InChI=1S/C13H16Cl2O/c1-3-4-9(2)7-13(16)11-6-5-10(14)8-12(11)15/h5-6,8-9H,3-4,7H2,1-2H3. The maximum Gasteiger partial charge on any atom is 0.164 e. The van der Waals surface area contributed by atoms with E-state index in [1.807, 2.05) is 0 Å². The monoisotopic (exact) mass is 258 g/mol. The van der Waals surface area contributed by atoms with Crippen LogP contribution >= 0.6 is 23.2 Å². The average Bonchev–Trinajstić information content (AvgIpc) is 2.17. The summed E-state index contributed by atoms with van der Waals surface area (Å²) >= 11 is 11.8. The summed E-state index contributed by atoms with van der Waals surface area (Å²) in [5.41, 5.74) is 0.578. The second kappa shape index (κ2) is 6.27. The highest BCUT2D eigenvalue weighted by molar-refractivity contribution is 6.36. The van der Waals surface area contributed by atoms with Crippen LogP contribution in [-0.2, 0) is 0 Å². The Labute approximate surface area is 107 Å². The van der Waals surface area contributed by atoms with Gasteiger partial charge in [-0.15, -0.1) is 0 Å². The summed E-state index contributed by atoms with van der Waals surface area (Å²) in [7, 11) is 0. The predicted molar refractivity (Wildman–Crippen MR) is 69.5 cm³/mol. The Morgan fingerprint density at radius 2 is 2.06 bits per heavy atom. The number of ketones is 1. The molecule has 0 aliphatic heterocycles. The van der Waals surface area contributed by atoms with Crippen molar-refractivity contribution in [2.45, 2.75) is 33.1 Å². The van der Waals surface area contributed by atoms with Crippen LogP contribution in [0.4, 0.5) is 0 Å². The summed E-state index contributed by atoms with van der Waals surface area (Å²) in [6.07, 6.45) is 2.72. The Morgan fingerprint density at radius 1 is 1.38 bits per heavy atom. The van der Waals surface area contributed by atoms with Crippen molar-refractivity contribution in [1.29, 1.82) is 0 Å². The topological polar surface area (TPSA) is 17.1 Å². The Balaban J connectivity index is 2.73. The zero-order chi connectivity index (χ0) is 12.1. The normalized spacial score (nSPS) is 12.5. The lowest BCUT2D eigenvalue weighted by Crippen LogP contribution is -2.06.